The number of hydrogen-bond acceptors (Lipinski definition) is 4. The molecule has 0 aliphatic heterocycles. The zero-order chi connectivity index (χ0) is 21.3. The molecule has 4 nitrogen and oxygen atoms in total. The summed E-state index contributed by atoms with van der Waals surface area (Å²) in [5.41, 5.74) is 1.39. The number of fused-ring (bicyclic) bond motifs is 1. The Morgan fingerprint density at radius 2 is 1.57 bits per heavy atom. The van der Waals surface area contributed by atoms with E-state index < -0.39 is 15.7 Å². The van der Waals surface area contributed by atoms with E-state index in [1.807, 2.05) is 0 Å². The second kappa shape index (κ2) is 8.01. The first-order valence-corrected chi connectivity index (χ1v) is 10.8. The van der Waals surface area contributed by atoms with Crippen molar-refractivity contribution < 1.29 is 17.2 Å². The Hall–Kier alpha value is -3.03. The largest absolute Gasteiger partial charge is 0.379 e. The van der Waals surface area contributed by atoms with Gasteiger partial charge in [-0.05, 0) is 60.2 Å². The molecule has 0 unspecified atom stereocenters. The Balaban J connectivity index is 1.85. The van der Waals surface area contributed by atoms with Crippen molar-refractivity contribution in [3.05, 3.63) is 95.1 Å². The number of nitrogens with zero attached hydrogens (tertiary/aromatic N) is 1. The van der Waals surface area contributed by atoms with Crippen molar-refractivity contribution in [2.24, 2.45) is 0 Å². The van der Waals surface area contributed by atoms with Crippen molar-refractivity contribution in [3.8, 4) is 0 Å². The molecule has 0 aliphatic rings. The van der Waals surface area contributed by atoms with Gasteiger partial charge in [-0.3, -0.25) is 4.98 Å². The summed E-state index contributed by atoms with van der Waals surface area (Å²) in [5, 5.41) is 3.80. The summed E-state index contributed by atoms with van der Waals surface area (Å²) in [6, 6.07) is 15.5. The highest BCUT2D eigenvalue weighted by atomic mass is 35.5. The smallest absolute Gasteiger partial charge is 0.210 e. The summed E-state index contributed by atoms with van der Waals surface area (Å²) in [6.07, 6.45) is 1.25. The number of rotatable bonds is 5. The van der Waals surface area contributed by atoms with Crippen LogP contribution >= 0.6 is 11.6 Å². The van der Waals surface area contributed by atoms with Crippen molar-refractivity contribution in [3.63, 3.8) is 0 Å². The molecule has 8 heteroatoms. The van der Waals surface area contributed by atoms with Crippen LogP contribution in [0.5, 0.6) is 0 Å². The third-order valence-corrected chi connectivity index (χ3v) is 6.62. The number of sulfone groups is 1. The molecule has 3 aromatic carbocycles. The van der Waals surface area contributed by atoms with Gasteiger partial charge in [-0.2, -0.15) is 0 Å². The maximum absolute atomic E-state index is 14.0. The van der Waals surface area contributed by atoms with Gasteiger partial charge in [0.2, 0.25) is 9.84 Å². The van der Waals surface area contributed by atoms with Crippen LogP contribution in [0.2, 0.25) is 5.02 Å². The van der Waals surface area contributed by atoms with Crippen molar-refractivity contribution in [2.75, 3.05) is 5.32 Å². The molecule has 4 rings (SSSR count). The highest BCUT2D eigenvalue weighted by molar-refractivity contribution is 7.91. The minimum absolute atomic E-state index is 0.0364. The molecule has 0 aliphatic carbocycles. The highest BCUT2D eigenvalue weighted by Crippen LogP contribution is 2.34. The molecule has 0 atom stereocenters. The number of halogens is 3. The Morgan fingerprint density at radius 1 is 0.900 bits per heavy atom. The normalized spacial score (nSPS) is 11.6. The van der Waals surface area contributed by atoms with Crippen LogP contribution in [-0.4, -0.2) is 13.4 Å². The molecule has 4 aromatic rings. The van der Waals surface area contributed by atoms with E-state index in [0.717, 1.165) is 5.56 Å². The van der Waals surface area contributed by atoms with Crippen LogP contribution in [0.25, 0.3) is 10.9 Å². The molecule has 0 radical (unpaired) electrons. The molecule has 0 bridgehead atoms. The number of hydrogen-bond donors (Lipinski definition) is 1. The van der Waals surface area contributed by atoms with Gasteiger partial charge in [0, 0.05) is 23.2 Å². The fourth-order valence-corrected chi connectivity index (χ4v) is 4.58. The van der Waals surface area contributed by atoms with Crippen molar-refractivity contribution >= 4 is 38.0 Å². The second-order valence-corrected chi connectivity index (χ2v) is 8.95. The molecule has 152 valence electrons. The van der Waals surface area contributed by atoms with Gasteiger partial charge in [0.25, 0.3) is 0 Å². The van der Waals surface area contributed by atoms with Crippen molar-refractivity contribution in [2.45, 2.75) is 16.3 Å². The first-order chi connectivity index (χ1) is 14.3. The SMILES string of the molecule is O=S(=O)(c1ccc(Cl)cc1)c1cnc2ccc(F)cc2c1NCc1ccc(F)cc1. The average molecular weight is 445 g/mol. The van der Waals surface area contributed by atoms with E-state index in [0.29, 0.717) is 15.9 Å². The molecule has 0 saturated heterocycles. The number of nitrogens with one attached hydrogen (secondary N) is 1. The molecule has 1 heterocycles. The summed E-state index contributed by atoms with van der Waals surface area (Å²) in [6.45, 7) is 0.207. The fraction of sp³-hybridized carbons (Fsp3) is 0.0455. The first kappa shape index (κ1) is 20.3. The van der Waals surface area contributed by atoms with Crippen LogP contribution in [0.3, 0.4) is 0 Å². The Bertz CT molecular complexity index is 1330. The lowest BCUT2D eigenvalue weighted by Gasteiger charge is -2.15. The van der Waals surface area contributed by atoms with Crippen LogP contribution in [-0.2, 0) is 16.4 Å². The van der Waals surface area contributed by atoms with Gasteiger partial charge in [-0.25, -0.2) is 17.2 Å². The van der Waals surface area contributed by atoms with Crippen LogP contribution < -0.4 is 5.32 Å². The van der Waals surface area contributed by atoms with E-state index in [2.05, 4.69) is 10.3 Å². The molecule has 30 heavy (non-hydrogen) atoms. The van der Waals surface area contributed by atoms with E-state index >= 15 is 0 Å². The molecular formula is C22H15ClF2N2O2S. The number of aromatic nitrogens is 1. The minimum Gasteiger partial charge on any atom is -0.379 e. The number of anilines is 1. The third kappa shape index (κ3) is 3.99. The first-order valence-electron chi connectivity index (χ1n) is 8.92. The van der Waals surface area contributed by atoms with Crippen molar-refractivity contribution in [1.29, 1.82) is 0 Å². The maximum Gasteiger partial charge on any atom is 0.210 e. The monoisotopic (exact) mass is 444 g/mol. The summed E-state index contributed by atoms with van der Waals surface area (Å²) >= 11 is 5.88. The van der Waals surface area contributed by atoms with E-state index in [-0.39, 0.29) is 27.8 Å². The van der Waals surface area contributed by atoms with Gasteiger partial charge in [-0.15, -0.1) is 0 Å². The van der Waals surface area contributed by atoms with Crippen LogP contribution in [0.4, 0.5) is 14.5 Å². The van der Waals surface area contributed by atoms with Crippen LogP contribution in [0, 0.1) is 11.6 Å². The van der Waals surface area contributed by atoms with E-state index in [9.17, 15) is 17.2 Å². The lowest BCUT2D eigenvalue weighted by molar-refractivity contribution is 0.596. The predicted octanol–water partition coefficient (Wildman–Crippen LogP) is 5.61. The van der Waals surface area contributed by atoms with Gasteiger partial charge in [0.05, 0.1) is 16.1 Å². The van der Waals surface area contributed by atoms with Crippen LogP contribution in [0.15, 0.2) is 82.7 Å². The second-order valence-electron chi connectivity index (χ2n) is 6.60. The van der Waals surface area contributed by atoms with Gasteiger partial charge in [-0.1, -0.05) is 23.7 Å². The zero-order valence-corrected chi connectivity index (χ0v) is 17.0. The highest BCUT2D eigenvalue weighted by Gasteiger charge is 2.24. The Morgan fingerprint density at radius 3 is 2.27 bits per heavy atom. The molecule has 1 N–H and O–H groups in total. The Kier molecular flexibility index (Phi) is 5.40. The molecular weight excluding hydrogens is 430 g/mol. The average Bonchev–Trinajstić information content (AvgIpc) is 2.73. The van der Waals surface area contributed by atoms with Gasteiger partial charge in [0.1, 0.15) is 16.5 Å². The minimum atomic E-state index is -3.97. The van der Waals surface area contributed by atoms with E-state index in [1.165, 1.54) is 60.8 Å². The summed E-state index contributed by atoms with van der Waals surface area (Å²) in [7, 11) is -3.97. The maximum atomic E-state index is 14.0. The van der Waals surface area contributed by atoms with E-state index in [4.69, 9.17) is 11.6 Å². The van der Waals surface area contributed by atoms with Gasteiger partial charge >= 0.3 is 0 Å². The molecule has 0 spiro atoms. The number of benzene rings is 3. The lowest BCUT2D eigenvalue weighted by Crippen LogP contribution is -2.10. The van der Waals surface area contributed by atoms with Crippen LogP contribution in [0.1, 0.15) is 5.56 Å². The summed E-state index contributed by atoms with van der Waals surface area (Å²) < 4.78 is 53.7. The summed E-state index contributed by atoms with van der Waals surface area (Å²) in [5.74, 6) is -0.892. The van der Waals surface area contributed by atoms with Gasteiger partial charge < -0.3 is 5.32 Å². The lowest BCUT2D eigenvalue weighted by atomic mass is 10.1. The van der Waals surface area contributed by atoms with Gasteiger partial charge in [0.15, 0.2) is 0 Å². The fourth-order valence-electron chi connectivity index (χ4n) is 3.07. The number of pyridine rings is 1. The quantitative estimate of drug-likeness (QED) is 0.434. The molecule has 0 saturated carbocycles. The zero-order valence-electron chi connectivity index (χ0n) is 15.4. The van der Waals surface area contributed by atoms with E-state index in [1.54, 1.807) is 12.1 Å². The molecule has 0 amide bonds. The molecule has 0 fully saturated rings. The Labute approximate surface area is 177 Å². The molecule has 1 aromatic heterocycles. The third-order valence-electron chi connectivity index (χ3n) is 4.59. The standard InChI is InChI=1S/C22H15ClF2N2O2S/c23-15-3-8-18(9-4-15)30(28,29)21-13-26-20-10-7-17(25)11-19(20)22(21)27-12-14-1-5-16(24)6-2-14/h1-11,13H,12H2,(H,26,27). The summed E-state index contributed by atoms with van der Waals surface area (Å²) in [4.78, 5) is 4.14. The van der Waals surface area contributed by atoms with Crippen molar-refractivity contribution in [1.82, 2.24) is 4.98 Å². The predicted molar refractivity (Wildman–Crippen MR) is 112 cm³/mol. The topological polar surface area (TPSA) is 59.1 Å².